The third-order valence-corrected chi connectivity index (χ3v) is 3.99. The molecule has 1 aliphatic rings. The molecule has 6 heteroatoms. The van der Waals surface area contributed by atoms with E-state index in [2.05, 4.69) is 39.2 Å². The molecule has 1 fully saturated rings. The molecule has 0 aliphatic carbocycles. The van der Waals surface area contributed by atoms with Crippen LogP contribution in [0.5, 0.6) is 0 Å². The molecule has 1 saturated heterocycles. The maximum Gasteiger partial charge on any atom is 0.219 e. The van der Waals surface area contributed by atoms with Gasteiger partial charge >= 0.3 is 0 Å². The molecule has 23 heavy (non-hydrogen) atoms. The summed E-state index contributed by atoms with van der Waals surface area (Å²) < 4.78 is 0. The number of nitrogens with one attached hydrogen (secondary N) is 1. The number of carbonyl (C=O) groups excluding carboxylic acids is 1. The van der Waals surface area contributed by atoms with Crippen molar-refractivity contribution in [3.63, 3.8) is 0 Å². The number of benzene rings is 1. The smallest absolute Gasteiger partial charge is 0.219 e. The van der Waals surface area contributed by atoms with E-state index in [1.54, 1.807) is 13.3 Å². The second-order valence-electron chi connectivity index (χ2n) is 5.75. The van der Waals surface area contributed by atoms with Crippen LogP contribution < -0.4 is 10.2 Å². The number of anilines is 3. The lowest BCUT2D eigenvalue weighted by Gasteiger charge is -2.34. The first-order valence-corrected chi connectivity index (χ1v) is 7.78. The van der Waals surface area contributed by atoms with E-state index in [-0.39, 0.29) is 5.91 Å². The fraction of sp³-hybridized carbons (Fsp3) is 0.353. The van der Waals surface area contributed by atoms with Gasteiger partial charge in [0.15, 0.2) is 0 Å². The highest BCUT2D eigenvalue weighted by atomic mass is 16.2. The van der Waals surface area contributed by atoms with Crippen LogP contribution in [-0.4, -0.2) is 47.0 Å². The number of carbonyl (C=O) groups is 1. The minimum absolute atomic E-state index is 0.133. The van der Waals surface area contributed by atoms with Crippen molar-refractivity contribution in [3.05, 3.63) is 42.2 Å². The molecule has 2 aromatic rings. The van der Waals surface area contributed by atoms with Gasteiger partial charge < -0.3 is 15.1 Å². The number of hydrogen-bond donors (Lipinski definition) is 1. The molecule has 6 nitrogen and oxygen atoms in total. The number of aryl methyl sites for hydroxylation is 1. The quantitative estimate of drug-likeness (QED) is 0.941. The zero-order valence-corrected chi connectivity index (χ0v) is 13.5. The van der Waals surface area contributed by atoms with Crippen LogP contribution in [0.1, 0.15) is 12.5 Å². The lowest BCUT2D eigenvalue weighted by molar-refractivity contribution is -0.129. The minimum Gasteiger partial charge on any atom is -0.353 e. The van der Waals surface area contributed by atoms with Crippen molar-refractivity contribution in [2.75, 3.05) is 36.4 Å². The number of aromatic nitrogens is 2. The van der Waals surface area contributed by atoms with Gasteiger partial charge in [0.25, 0.3) is 0 Å². The normalized spacial score (nSPS) is 14.7. The van der Waals surface area contributed by atoms with Crippen LogP contribution in [0.4, 0.5) is 17.3 Å². The molecular formula is C17H21N5O. The van der Waals surface area contributed by atoms with Crippen molar-refractivity contribution < 1.29 is 4.79 Å². The van der Waals surface area contributed by atoms with Gasteiger partial charge in [-0.3, -0.25) is 4.79 Å². The van der Waals surface area contributed by atoms with Gasteiger partial charge in [0.1, 0.15) is 18.0 Å². The summed E-state index contributed by atoms with van der Waals surface area (Å²) in [6.45, 7) is 6.73. The Morgan fingerprint density at radius 2 is 1.91 bits per heavy atom. The molecule has 0 bridgehead atoms. The van der Waals surface area contributed by atoms with Gasteiger partial charge in [0, 0.05) is 44.9 Å². The lowest BCUT2D eigenvalue weighted by Crippen LogP contribution is -2.48. The minimum atomic E-state index is 0.133. The van der Waals surface area contributed by atoms with Gasteiger partial charge in [-0.05, 0) is 24.6 Å². The second-order valence-corrected chi connectivity index (χ2v) is 5.75. The van der Waals surface area contributed by atoms with Gasteiger partial charge in [0.2, 0.25) is 5.91 Å². The van der Waals surface area contributed by atoms with E-state index in [0.29, 0.717) is 0 Å². The summed E-state index contributed by atoms with van der Waals surface area (Å²) in [4.78, 5) is 24.1. The number of amides is 1. The molecule has 3 rings (SSSR count). The first-order chi connectivity index (χ1) is 11.1. The van der Waals surface area contributed by atoms with Crippen LogP contribution in [0.15, 0.2) is 36.7 Å². The van der Waals surface area contributed by atoms with Gasteiger partial charge in [-0.2, -0.15) is 0 Å². The van der Waals surface area contributed by atoms with Crippen LogP contribution in [0.25, 0.3) is 0 Å². The molecule has 1 N–H and O–H groups in total. The molecule has 1 aromatic heterocycles. The van der Waals surface area contributed by atoms with Crippen LogP contribution in [0, 0.1) is 6.92 Å². The zero-order valence-electron chi connectivity index (χ0n) is 13.5. The molecule has 120 valence electrons. The zero-order chi connectivity index (χ0) is 16.2. The van der Waals surface area contributed by atoms with Crippen LogP contribution in [-0.2, 0) is 4.79 Å². The van der Waals surface area contributed by atoms with Crippen LogP contribution >= 0.6 is 0 Å². The van der Waals surface area contributed by atoms with Crippen molar-refractivity contribution in [1.82, 2.24) is 14.9 Å². The molecule has 0 radical (unpaired) electrons. The Labute approximate surface area is 136 Å². The summed E-state index contributed by atoms with van der Waals surface area (Å²) in [6.07, 6.45) is 1.57. The fourth-order valence-electron chi connectivity index (χ4n) is 2.71. The summed E-state index contributed by atoms with van der Waals surface area (Å²) in [5.74, 6) is 1.79. The van der Waals surface area contributed by atoms with E-state index >= 15 is 0 Å². The van der Waals surface area contributed by atoms with Gasteiger partial charge in [-0.15, -0.1) is 0 Å². The topological polar surface area (TPSA) is 61.4 Å². The Hall–Kier alpha value is -2.63. The van der Waals surface area contributed by atoms with Crippen molar-refractivity contribution in [1.29, 1.82) is 0 Å². The largest absolute Gasteiger partial charge is 0.353 e. The van der Waals surface area contributed by atoms with Crippen molar-refractivity contribution in [3.8, 4) is 0 Å². The SMILES string of the molecule is CC(=O)N1CCN(c2cc(Nc3cccc(C)c3)ncn2)CC1. The van der Waals surface area contributed by atoms with E-state index in [9.17, 15) is 4.79 Å². The number of piperazine rings is 1. The van der Waals surface area contributed by atoms with Crippen molar-refractivity contribution in [2.24, 2.45) is 0 Å². The Morgan fingerprint density at radius 3 is 2.61 bits per heavy atom. The highest BCUT2D eigenvalue weighted by Crippen LogP contribution is 2.20. The Kier molecular flexibility index (Phi) is 4.41. The lowest BCUT2D eigenvalue weighted by atomic mass is 10.2. The molecular weight excluding hydrogens is 290 g/mol. The highest BCUT2D eigenvalue weighted by molar-refractivity contribution is 5.73. The molecule has 0 saturated carbocycles. The fourth-order valence-corrected chi connectivity index (χ4v) is 2.71. The third kappa shape index (κ3) is 3.77. The molecule has 1 aromatic carbocycles. The number of rotatable bonds is 3. The maximum atomic E-state index is 11.4. The average molecular weight is 311 g/mol. The summed E-state index contributed by atoms with van der Waals surface area (Å²) in [7, 11) is 0. The summed E-state index contributed by atoms with van der Waals surface area (Å²) in [5, 5.41) is 3.31. The molecule has 0 atom stereocenters. The molecule has 1 aliphatic heterocycles. The summed E-state index contributed by atoms with van der Waals surface area (Å²) in [6, 6.07) is 10.1. The van der Waals surface area contributed by atoms with Crippen LogP contribution in [0.3, 0.4) is 0 Å². The van der Waals surface area contributed by atoms with E-state index in [1.165, 1.54) is 5.56 Å². The van der Waals surface area contributed by atoms with Gasteiger partial charge in [-0.1, -0.05) is 12.1 Å². The van der Waals surface area contributed by atoms with E-state index in [0.717, 1.165) is 43.5 Å². The maximum absolute atomic E-state index is 11.4. The summed E-state index contributed by atoms with van der Waals surface area (Å²) >= 11 is 0. The average Bonchev–Trinajstić information content (AvgIpc) is 2.55. The number of hydrogen-bond acceptors (Lipinski definition) is 5. The predicted octanol–water partition coefficient (Wildman–Crippen LogP) is 2.20. The van der Waals surface area contributed by atoms with Gasteiger partial charge in [0.05, 0.1) is 0 Å². The standard InChI is InChI=1S/C17H21N5O/c1-13-4-3-5-15(10-13)20-16-11-17(19-12-18-16)22-8-6-21(7-9-22)14(2)23/h3-5,10-12H,6-9H2,1-2H3,(H,18,19,20). The molecule has 0 unspecified atom stereocenters. The number of nitrogens with zero attached hydrogens (tertiary/aromatic N) is 4. The highest BCUT2D eigenvalue weighted by Gasteiger charge is 2.19. The molecule has 0 spiro atoms. The summed E-state index contributed by atoms with van der Waals surface area (Å²) in [5.41, 5.74) is 2.21. The Bertz CT molecular complexity index is 695. The van der Waals surface area contributed by atoms with Crippen LogP contribution in [0.2, 0.25) is 0 Å². The third-order valence-electron chi connectivity index (χ3n) is 3.99. The first kappa shape index (κ1) is 15.3. The van der Waals surface area contributed by atoms with Crippen molar-refractivity contribution >= 4 is 23.2 Å². The van der Waals surface area contributed by atoms with Gasteiger partial charge in [-0.25, -0.2) is 9.97 Å². The predicted molar refractivity (Wildman–Crippen MR) is 91.0 cm³/mol. The Morgan fingerprint density at radius 1 is 1.13 bits per heavy atom. The molecule has 2 heterocycles. The monoisotopic (exact) mass is 311 g/mol. The first-order valence-electron chi connectivity index (χ1n) is 7.78. The van der Waals surface area contributed by atoms with Crippen molar-refractivity contribution in [2.45, 2.75) is 13.8 Å². The van der Waals surface area contributed by atoms with E-state index in [4.69, 9.17) is 0 Å². The van der Waals surface area contributed by atoms with E-state index < -0.39 is 0 Å². The second kappa shape index (κ2) is 6.64. The molecule has 1 amide bonds. The Balaban J connectivity index is 1.69. The van der Waals surface area contributed by atoms with E-state index in [1.807, 2.05) is 23.1 Å².